The summed E-state index contributed by atoms with van der Waals surface area (Å²) in [4.78, 5) is 15.8. The zero-order valence-corrected chi connectivity index (χ0v) is 10.3. The number of halogens is 1. The van der Waals surface area contributed by atoms with Gasteiger partial charge in [-0.05, 0) is 18.6 Å². The Hall–Kier alpha value is -0.900. The maximum Gasteiger partial charge on any atom is 0.251 e. The molecule has 0 aliphatic heterocycles. The summed E-state index contributed by atoms with van der Waals surface area (Å²) in [7, 11) is 0. The summed E-state index contributed by atoms with van der Waals surface area (Å²) in [5.74, 6) is -0.0436. The Morgan fingerprint density at radius 2 is 2.20 bits per heavy atom. The molecule has 3 nitrogen and oxygen atoms in total. The van der Waals surface area contributed by atoms with Crippen LogP contribution in [0, 0.1) is 0 Å². The standard InChI is InChI=1S/C11H15BrN2O/c1-2-3-10(12)8-14-11(15)9-4-6-13-7-5-9/h4-7,10H,2-3,8H2,1H3,(H,14,15). The van der Waals surface area contributed by atoms with Gasteiger partial charge in [0.15, 0.2) is 0 Å². The van der Waals surface area contributed by atoms with Crippen molar-refractivity contribution in [2.45, 2.75) is 24.6 Å². The van der Waals surface area contributed by atoms with E-state index in [0.717, 1.165) is 12.8 Å². The Morgan fingerprint density at radius 1 is 1.53 bits per heavy atom. The SMILES string of the molecule is CCCC(Br)CNC(=O)c1ccncc1. The Labute approximate surface area is 98.4 Å². The number of hydrogen-bond donors (Lipinski definition) is 1. The van der Waals surface area contributed by atoms with Gasteiger partial charge in [0.1, 0.15) is 0 Å². The van der Waals surface area contributed by atoms with E-state index < -0.39 is 0 Å². The summed E-state index contributed by atoms with van der Waals surface area (Å²) in [5, 5.41) is 2.87. The highest BCUT2D eigenvalue weighted by Gasteiger charge is 2.07. The number of nitrogens with zero attached hydrogens (tertiary/aromatic N) is 1. The fourth-order valence-corrected chi connectivity index (χ4v) is 1.84. The van der Waals surface area contributed by atoms with E-state index in [4.69, 9.17) is 0 Å². The molecular formula is C11H15BrN2O. The highest BCUT2D eigenvalue weighted by Crippen LogP contribution is 2.06. The number of pyridine rings is 1. The van der Waals surface area contributed by atoms with Crippen LogP contribution in [0.1, 0.15) is 30.1 Å². The van der Waals surface area contributed by atoms with Gasteiger partial charge in [0.2, 0.25) is 0 Å². The van der Waals surface area contributed by atoms with E-state index in [9.17, 15) is 4.79 Å². The second-order valence-corrected chi connectivity index (χ2v) is 4.63. The van der Waals surface area contributed by atoms with Crippen LogP contribution in [0.4, 0.5) is 0 Å². The lowest BCUT2D eigenvalue weighted by Gasteiger charge is -2.09. The Bertz CT molecular complexity index is 303. The topological polar surface area (TPSA) is 42.0 Å². The van der Waals surface area contributed by atoms with Crippen LogP contribution in [0.5, 0.6) is 0 Å². The molecule has 1 heterocycles. The lowest BCUT2D eigenvalue weighted by atomic mass is 10.2. The third-order valence-electron chi connectivity index (χ3n) is 2.03. The molecule has 1 amide bonds. The molecule has 0 aliphatic carbocycles. The van der Waals surface area contributed by atoms with E-state index in [2.05, 4.69) is 33.2 Å². The maximum absolute atomic E-state index is 11.6. The normalized spacial score (nSPS) is 12.1. The van der Waals surface area contributed by atoms with Gasteiger partial charge in [0, 0.05) is 29.3 Å². The average Bonchev–Trinajstić information content (AvgIpc) is 2.27. The second kappa shape index (κ2) is 6.56. The van der Waals surface area contributed by atoms with Gasteiger partial charge in [-0.15, -0.1) is 0 Å². The van der Waals surface area contributed by atoms with Crippen LogP contribution >= 0.6 is 15.9 Å². The van der Waals surface area contributed by atoms with E-state index in [-0.39, 0.29) is 5.91 Å². The molecule has 1 rings (SSSR count). The first-order valence-electron chi connectivity index (χ1n) is 5.06. The van der Waals surface area contributed by atoms with Crippen LogP contribution in [0.2, 0.25) is 0 Å². The molecule has 0 bridgehead atoms. The van der Waals surface area contributed by atoms with Crippen LogP contribution in [-0.4, -0.2) is 22.3 Å². The van der Waals surface area contributed by atoms with Gasteiger partial charge in [-0.3, -0.25) is 9.78 Å². The molecule has 15 heavy (non-hydrogen) atoms. The maximum atomic E-state index is 11.6. The Morgan fingerprint density at radius 3 is 2.80 bits per heavy atom. The molecule has 0 radical (unpaired) electrons. The lowest BCUT2D eigenvalue weighted by molar-refractivity contribution is 0.0953. The second-order valence-electron chi connectivity index (χ2n) is 3.33. The van der Waals surface area contributed by atoms with E-state index in [0.29, 0.717) is 16.9 Å². The van der Waals surface area contributed by atoms with Crippen molar-refractivity contribution in [2.75, 3.05) is 6.54 Å². The van der Waals surface area contributed by atoms with Crippen molar-refractivity contribution in [1.82, 2.24) is 10.3 Å². The summed E-state index contributed by atoms with van der Waals surface area (Å²) < 4.78 is 0. The van der Waals surface area contributed by atoms with E-state index in [1.54, 1.807) is 24.5 Å². The summed E-state index contributed by atoms with van der Waals surface area (Å²) >= 11 is 3.51. The molecular weight excluding hydrogens is 256 g/mol. The third kappa shape index (κ3) is 4.42. The number of aromatic nitrogens is 1. The summed E-state index contributed by atoms with van der Waals surface area (Å²) in [6.07, 6.45) is 5.41. The molecule has 0 aliphatic rings. The zero-order valence-electron chi connectivity index (χ0n) is 8.74. The van der Waals surface area contributed by atoms with Crippen molar-refractivity contribution >= 4 is 21.8 Å². The first-order valence-corrected chi connectivity index (χ1v) is 5.98. The van der Waals surface area contributed by atoms with Crippen molar-refractivity contribution in [3.05, 3.63) is 30.1 Å². The number of amides is 1. The van der Waals surface area contributed by atoms with Crippen LogP contribution in [0.15, 0.2) is 24.5 Å². The number of alkyl halides is 1. The summed E-state index contributed by atoms with van der Waals surface area (Å²) in [6.45, 7) is 2.79. The monoisotopic (exact) mass is 270 g/mol. The molecule has 1 aromatic heterocycles. The minimum Gasteiger partial charge on any atom is -0.351 e. The lowest BCUT2D eigenvalue weighted by Crippen LogP contribution is -2.29. The van der Waals surface area contributed by atoms with Crippen LogP contribution < -0.4 is 5.32 Å². The fraction of sp³-hybridized carbons (Fsp3) is 0.455. The number of carbonyl (C=O) groups excluding carboxylic acids is 1. The van der Waals surface area contributed by atoms with Crippen molar-refractivity contribution in [2.24, 2.45) is 0 Å². The minimum atomic E-state index is -0.0436. The van der Waals surface area contributed by atoms with Crippen molar-refractivity contribution < 1.29 is 4.79 Å². The van der Waals surface area contributed by atoms with Crippen molar-refractivity contribution in [3.8, 4) is 0 Å². The average molecular weight is 271 g/mol. The highest BCUT2D eigenvalue weighted by molar-refractivity contribution is 9.09. The number of rotatable bonds is 5. The Balaban J connectivity index is 2.37. The molecule has 0 spiro atoms. The van der Waals surface area contributed by atoms with Crippen molar-refractivity contribution in [3.63, 3.8) is 0 Å². The van der Waals surface area contributed by atoms with Crippen molar-refractivity contribution in [1.29, 1.82) is 0 Å². The number of nitrogens with one attached hydrogen (secondary N) is 1. The molecule has 1 aromatic rings. The van der Waals surface area contributed by atoms with E-state index in [1.807, 2.05) is 0 Å². The quantitative estimate of drug-likeness (QED) is 0.835. The van der Waals surface area contributed by atoms with Gasteiger partial charge in [0.25, 0.3) is 5.91 Å². The van der Waals surface area contributed by atoms with Crippen LogP contribution in [0.25, 0.3) is 0 Å². The molecule has 0 saturated heterocycles. The smallest absolute Gasteiger partial charge is 0.251 e. The van der Waals surface area contributed by atoms with Gasteiger partial charge in [0.05, 0.1) is 0 Å². The van der Waals surface area contributed by atoms with Gasteiger partial charge >= 0.3 is 0 Å². The number of hydrogen-bond acceptors (Lipinski definition) is 2. The van der Waals surface area contributed by atoms with Gasteiger partial charge < -0.3 is 5.32 Å². The molecule has 0 saturated carbocycles. The van der Waals surface area contributed by atoms with Crippen LogP contribution in [0.3, 0.4) is 0 Å². The van der Waals surface area contributed by atoms with Gasteiger partial charge in [-0.1, -0.05) is 29.3 Å². The largest absolute Gasteiger partial charge is 0.351 e. The number of carbonyl (C=O) groups is 1. The molecule has 0 fully saturated rings. The predicted molar refractivity (Wildman–Crippen MR) is 64.2 cm³/mol. The van der Waals surface area contributed by atoms with Crippen LogP contribution in [-0.2, 0) is 0 Å². The first-order chi connectivity index (χ1) is 7.24. The molecule has 1 N–H and O–H groups in total. The van der Waals surface area contributed by atoms with Gasteiger partial charge in [-0.25, -0.2) is 0 Å². The molecule has 1 unspecified atom stereocenters. The molecule has 4 heteroatoms. The summed E-state index contributed by atoms with van der Waals surface area (Å²) in [6, 6.07) is 3.41. The van der Waals surface area contributed by atoms with E-state index in [1.165, 1.54) is 0 Å². The summed E-state index contributed by atoms with van der Waals surface area (Å²) in [5.41, 5.74) is 0.654. The molecule has 0 aromatic carbocycles. The highest BCUT2D eigenvalue weighted by atomic mass is 79.9. The van der Waals surface area contributed by atoms with Gasteiger partial charge in [-0.2, -0.15) is 0 Å². The molecule has 82 valence electrons. The predicted octanol–water partition coefficient (Wildman–Crippen LogP) is 2.38. The first kappa shape index (κ1) is 12.2. The minimum absolute atomic E-state index is 0.0436. The Kier molecular flexibility index (Phi) is 5.32. The van der Waals surface area contributed by atoms with E-state index >= 15 is 0 Å². The third-order valence-corrected chi connectivity index (χ3v) is 2.81. The fourth-order valence-electron chi connectivity index (χ4n) is 1.22. The zero-order chi connectivity index (χ0) is 11.1. The molecule has 1 atom stereocenters.